The fourth-order valence-corrected chi connectivity index (χ4v) is 3.29. The van der Waals surface area contributed by atoms with Crippen molar-refractivity contribution >= 4 is 34.6 Å². The van der Waals surface area contributed by atoms with Gasteiger partial charge in [-0.3, -0.25) is 4.79 Å². The fourth-order valence-electron chi connectivity index (χ4n) is 1.67. The predicted molar refractivity (Wildman–Crippen MR) is 81.1 cm³/mol. The zero-order valence-electron chi connectivity index (χ0n) is 11.8. The van der Waals surface area contributed by atoms with E-state index in [-0.39, 0.29) is 23.6 Å². The summed E-state index contributed by atoms with van der Waals surface area (Å²) in [5.74, 6) is -1.28. The Bertz CT molecular complexity index is 670. The van der Waals surface area contributed by atoms with Gasteiger partial charge in [-0.05, 0) is 0 Å². The van der Waals surface area contributed by atoms with Gasteiger partial charge in [0.05, 0.1) is 17.7 Å². The first-order valence-corrected chi connectivity index (χ1v) is 7.95. The Hall–Kier alpha value is -1.80. The summed E-state index contributed by atoms with van der Waals surface area (Å²) in [7, 11) is 0. The van der Waals surface area contributed by atoms with Crippen LogP contribution in [0.25, 0.3) is 0 Å². The van der Waals surface area contributed by atoms with Gasteiger partial charge in [0.25, 0.3) is 5.91 Å². The lowest BCUT2D eigenvalue weighted by Gasteiger charge is -2.17. The number of aromatic carboxylic acids is 1. The molecule has 0 radical (unpaired) electrons. The van der Waals surface area contributed by atoms with Crippen molar-refractivity contribution in [1.29, 1.82) is 0 Å². The molecule has 0 aliphatic rings. The van der Waals surface area contributed by atoms with Crippen LogP contribution in [0.1, 0.15) is 51.6 Å². The largest absolute Gasteiger partial charge is 0.476 e. The van der Waals surface area contributed by atoms with Gasteiger partial charge >= 0.3 is 5.97 Å². The van der Waals surface area contributed by atoms with E-state index in [9.17, 15) is 9.59 Å². The Labute approximate surface area is 129 Å². The van der Waals surface area contributed by atoms with Gasteiger partial charge in [-0.25, -0.2) is 14.8 Å². The van der Waals surface area contributed by atoms with E-state index in [2.05, 4.69) is 15.3 Å². The summed E-state index contributed by atoms with van der Waals surface area (Å²) in [5.41, 5.74) is 2.21. The van der Waals surface area contributed by atoms with E-state index in [1.165, 1.54) is 28.1 Å². The molecule has 0 unspecified atom stereocenters. The van der Waals surface area contributed by atoms with Crippen LogP contribution in [0.2, 0.25) is 0 Å². The van der Waals surface area contributed by atoms with E-state index >= 15 is 0 Å². The summed E-state index contributed by atoms with van der Waals surface area (Å²) < 4.78 is 0. The van der Waals surface area contributed by atoms with Crippen molar-refractivity contribution in [3.63, 3.8) is 0 Å². The summed E-state index contributed by atoms with van der Waals surface area (Å²) in [4.78, 5) is 31.7. The summed E-state index contributed by atoms with van der Waals surface area (Å²) in [6, 6.07) is 0. The molecule has 0 spiro atoms. The highest BCUT2D eigenvalue weighted by molar-refractivity contribution is 7.12. The van der Waals surface area contributed by atoms with Gasteiger partial charge < -0.3 is 10.4 Å². The first kappa shape index (κ1) is 15.6. The van der Waals surface area contributed by atoms with Crippen molar-refractivity contribution < 1.29 is 14.7 Å². The smallest absolute Gasteiger partial charge is 0.355 e. The van der Waals surface area contributed by atoms with Gasteiger partial charge in [0, 0.05) is 10.8 Å². The predicted octanol–water partition coefficient (Wildman–Crippen LogP) is 2.53. The number of rotatable bonds is 4. The van der Waals surface area contributed by atoms with Gasteiger partial charge in [0.1, 0.15) is 9.88 Å². The third kappa shape index (κ3) is 3.64. The number of amides is 1. The summed E-state index contributed by atoms with van der Waals surface area (Å²) in [5, 5.41) is 13.6. The average Bonchev–Trinajstić information content (AvgIpc) is 3.04. The van der Waals surface area contributed by atoms with Crippen molar-refractivity contribution in [2.45, 2.75) is 32.7 Å². The lowest BCUT2D eigenvalue weighted by atomic mass is 9.91. The second kappa shape index (κ2) is 5.90. The molecule has 21 heavy (non-hydrogen) atoms. The van der Waals surface area contributed by atoms with Crippen LogP contribution in [0.3, 0.4) is 0 Å². The van der Waals surface area contributed by atoms with Gasteiger partial charge in [-0.15, -0.1) is 22.7 Å². The number of carboxylic acids is 1. The van der Waals surface area contributed by atoms with E-state index in [4.69, 9.17) is 5.11 Å². The third-order valence-electron chi connectivity index (χ3n) is 2.66. The molecule has 2 rings (SSSR count). The highest BCUT2D eigenvalue weighted by Crippen LogP contribution is 2.27. The average molecular weight is 325 g/mol. The molecule has 2 aromatic rings. The molecular formula is C13H15N3O3S2. The number of carbonyl (C=O) groups is 2. The van der Waals surface area contributed by atoms with Crippen molar-refractivity contribution in [3.8, 4) is 0 Å². The number of hydrogen-bond donors (Lipinski definition) is 2. The molecule has 1 amide bonds. The SMILES string of the molecule is CC(C)(C)c1ncsc1C(=O)NCc1nc(C(=O)O)cs1. The lowest BCUT2D eigenvalue weighted by Crippen LogP contribution is -2.25. The van der Waals surface area contributed by atoms with Crippen molar-refractivity contribution in [1.82, 2.24) is 15.3 Å². The van der Waals surface area contributed by atoms with Crippen LogP contribution in [0.15, 0.2) is 10.9 Å². The first-order valence-electron chi connectivity index (χ1n) is 6.19. The Morgan fingerprint density at radius 1 is 1.33 bits per heavy atom. The molecule has 2 N–H and O–H groups in total. The lowest BCUT2D eigenvalue weighted by molar-refractivity contribution is 0.0691. The van der Waals surface area contributed by atoms with Gasteiger partial charge in [0.15, 0.2) is 5.69 Å². The molecule has 112 valence electrons. The van der Waals surface area contributed by atoms with Crippen LogP contribution >= 0.6 is 22.7 Å². The molecule has 8 heteroatoms. The maximum Gasteiger partial charge on any atom is 0.355 e. The highest BCUT2D eigenvalue weighted by atomic mass is 32.1. The highest BCUT2D eigenvalue weighted by Gasteiger charge is 2.24. The summed E-state index contributed by atoms with van der Waals surface area (Å²) in [6.07, 6.45) is 0. The van der Waals surface area contributed by atoms with Gasteiger partial charge in [0.2, 0.25) is 0 Å². The topological polar surface area (TPSA) is 92.2 Å². The molecule has 6 nitrogen and oxygen atoms in total. The third-order valence-corrected chi connectivity index (χ3v) is 4.33. The normalized spacial score (nSPS) is 11.4. The molecule has 2 aromatic heterocycles. The minimum atomic E-state index is -1.07. The van der Waals surface area contributed by atoms with Gasteiger partial charge in [-0.2, -0.15) is 0 Å². The van der Waals surface area contributed by atoms with Crippen LogP contribution < -0.4 is 5.32 Å². The molecule has 0 saturated heterocycles. The minimum absolute atomic E-state index is 0.00239. The van der Waals surface area contributed by atoms with E-state index < -0.39 is 5.97 Å². The Morgan fingerprint density at radius 2 is 2.05 bits per heavy atom. The second-order valence-electron chi connectivity index (χ2n) is 5.39. The maximum absolute atomic E-state index is 12.2. The number of carboxylic acid groups (broad SMARTS) is 1. The minimum Gasteiger partial charge on any atom is -0.476 e. The monoisotopic (exact) mass is 325 g/mol. The number of thiazole rings is 2. The van der Waals surface area contributed by atoms with E-state index in [1.54, 1.807) is 5.51 Å². The fraction of sp³-hybridized carbons (Fsp3) is 0.385. The van der Waals surface area contributed by atoms with Crippen LogP contribution in [-0.2, 0) is 12.0 Å². The molecule has 0 saturated carbocycles. The maximum atomic E-state index is 12.2. The molecule has 0 aromatic carbocycles. The molecular weight excluding hydrogens is 310 g/mol. The summed E-state index contributed by atoms with van der Waals surface area (Å²) >= 11 is 2.50. The van der Waals surface area contributed by atoms with Crippen molar-refractivity contribution in [3.05, 3.63) is 32.2 Å². The van der Waals surface area contributed by atoms with Crippen LogP contribution in [0, 0.1) is 0 Å². The molecule has 2 heterocycles. The van der Waals surface area contributed by atoms with Crippen LogP contribution in [0.4, 0.5) is 0 Å². The van der Waals surface area contributed by atoms with E-state index in [1.807, 2.05) is 20.8 Å². The number of nitrogens with zero attached hydrogens (tertiary/aromatic N) is 2. The Balaban J connectivity index is 2.05. The molecule has 0 bridgehead atoms. The number of aromatic nitrogens is 2. The number of nitrogens with one attached hydrogen (secondary N) is 1. The van der Waals surface area contributed by atoms with E-state index in [0.717, 1.165) is 5.69 Å². The number of carbonyl (C=O) groups excluding carboxylic acids is 1. The zero-order chi connectivity index (χ0) is 15.6. The standard InChI is InChI=1S/C13H15N3O3S2/c1-13(2,3)10-9(21-6-15-10)11(17)14-4-8-16-7(5-20-8)12(18)19/h5-6H,4H2,1-3H3,(H,14,17)(H,18,19). The second-order valence-corrected chi connectivity index (χ2v) is 7.19. The summed E-state index contributed by atoms with van der Waals surface area (Å²) in [6.45, 7) is 6.20. The molecule has 0 fully saturated rings. The van der Waals surface area contributed by atoms with Crippen LogP contribution in [0.5, 0.6) is 0 Å². The molecule has 0 aliphatic heterocycles. The number of hydrogen-bond acceptors (Lipinski definition) is 6. The van der Waals surface area contributed by atoms with Crippen LogP contribution in [-0.4, -0.2) is 27.0 Å². The molecule has 0 aliphatic carbocycles. The van der Waals surface area contributed by atoms with Crippen molar-refractivity contribution in [2.75, 3.05) is 0 Å². The van der Waals surface area contributed by atoms with E-state index in [0.29, 0.717) is 9.88 Å². The Kier molecular flexibility index (Phi) is 4.38. The zero-order valence-corrected chi connectivity index (χ0v) is 13.5. The van der Waals surface area contributed by atoms with Gasteiger partial charge in [-0.1, -0.05) is 20.8 Å². The van der Waals surface area contributed by atoms with Crippen molar-refractivity contribution in [2.24, 2.45) is 0 Å². The quantitative estimate of drug-likeness (QED) is 0.901. The Morgan fingerprint density at radius 3 is 2.62 bits per heavy atom. The first-order chi connectivity index (χ1) is 9.79. The molecule has 0 atom stereocenters.